The van der Waals surface area contributed by atoms with E-state index < -0.39 is 0 Å². The molecule has 1 fully saturated rings. The quantitative estimate of drug-likeness (QED) is 0.647. The molecule has 9 nitrogen and oxygen atoms in total. The van der Waals surface area contributed by atoms with Crippen molar-refractivity contribution in [2.75, 3.05) is 25.0 Å². The van der Waals surface area contributed by atoms with E-state index in [1.165, 1.54) is 0 Å². The van der Waals surface area contributed by atoms with Gasteiger partial charge in [-0.1, -0.05) is 0 Å². The second-order valence-corrected chi connectivity index (χ2v) is 5.62. The molecule has 1 aliphatic rings. The second kappa shape index (κ2) is 5.02. The lowest BCUT2D eigenvalue weighted by molar-refractivity contribution is 0.194. The third kappa shape index (κ3) is 2.29. The first-order chi connectivity index (χ1) is 10.7. The summed E-state index contributed by atoms with van der Waals surface area (Å²) >= 11 is 0. The van der Waals surface area contributed by atoms with Gasteiger partial charge in [0.25, 0.3) is 0 Å². The number of likely N-dealkylation sites (N-methyl/N-ethyl adjacent to an activating group) is 1. The van der Waals surface area contributed by atoms with E-state index >= 15 is 0 Å². The Balaban J connectivity index is 1.38. The van der Waals surface area contributed by atoms with Crippen molar-refractivity contribution in [3.8, 4) is 0 Å². The largest absolute Gasteiger partial charge is 0.352 e. The fourth-order valence-electron chi connectivity index (χ4n) is 2.65. The zero-order valence-electron chi connectivity index (χ0n) is 12.5. The Kier molecular flexibility index (Phi) is 3.00. The smallest absolute Gasteiger partial charge is 0.177 e. The fourth-order valence-corrected chi connectivity index (χ4v) is 2.65. The molecule has 0 unspecified atom stereocenters. The predicted octanol–water partition coefficient (Wildman–Crippen LogP) is -0.427. The Morgan fingerprint density at radius 1 is 1.27 bits per heavy atom. The van der Waals surface area contributed by atoms with Crippen molar-refractivity contribution in [3.05, 3.63) is 30.4 Å². The molecule has 0 N–H and O–H groups in total. The summed E-state index contributed by atoms with van der Waals surface area (Å²) in [4.78, 5) is 6.14. The van der Waals surface area contributed by atoms with Gasteiger partial charge in [0.2, 0.25) is 0 Å². The van der Waals surface area contributed by atoms with Gasteiger partial charge in [-0.2, -0.15) is 19.5 Å². The van der Waals surface area contributed by atoms with Crippen LogP contribution in [0.3, 0.4) is 0 Å². The van der Waals surface area contributed by atoms with Crippen LogP contribution in [0, 0.1) is 0 Å². The number of nitrogens with zero attached hydrogens (tertiary/aromatic N) is 9. The number of hydrogen-bond acceptors (Lipinski definition) is 7. The van der Waals surface area contributed by atoms with Gasteiger partial charge < -0.3 is 4.90 Å². The van der Waals surface area contributed by atoms with Crippen LogP contribution >= 0.6 is 0 Å². The molecular formula is C13H17N9. The summed E-state index contributed by atoms with van der Waals surface area (Å²) in [5.41, 5.74) is 1.76. The van der Waals surface area contributed by atoms with Crippen LogP contribution in [0.5, 0.6) is 0 Å². The van der Waals surface area contributed by atoms with E-state index in [9.17, 15) is 0 Å². The molecule has 0 spiro atoms. The van der Waals surface area contributed by atoms with Crippen LogP contribution in [-0.2, 0) is 13.6 Å². The fraction of sp³-hybridized carbons (Fsp3) is 0.462. The highest BCUT2D eigenvalue weighted by atomic mass is 15.5. The highest BCUT2D eigenvalue weighted by molar-refractivity contribution is 5.47. The van der Waals surface area contributed by atoms with Gasteiger partial charge in [-0.25, -0.2) is 0 Å². The molecule has 0 amide bonds. The minimum atomic E-state index is 0.500. The molecule has 4 rings (SSSR count). The van der Waals surface area contributed by atoms with E-state index in [-0.39, 0.29) is 0 Å². The lowest BCUT2D eigenvalue weighted by Crippen LogP contribution is -2.58. The topological polar surface area (TPSA) is 80.3 Å². The first-order valence-corrected chi connectivity index (χ1v) is 7.16. The highest BCUT2D eigenvalue weighted by Crippen LogP contribution is 2.21. The maximum Gasteiger partial charge on any atom is 0.177 e. The van der Waals surface area contributed by atoms with Crippen LogP contribution in [0.4, 0.5) is 5.82 Å². The van der Waals surface area contributed by atoms with E-state index in [2.05, 4.69) is 42.3 Å². The maximum atomic E-state index is 4.51. The molecule has 0 bridgehead atoms. The predicted molar refractivity (Wildman–Crippen MR) is 79.3 cm³/mol. The first kappa shape index (κ1) is 13.1. The molecule has 3 aromatic rings. The molecule has 1 saturated heterocycles. The number of aromatic nitrogens is 7. The minimum Gasteiger partial charge on any atom is -0.352 e. The molecule has 4 heterocycles. The van der Waals surface area contributed by atoms with Crippen molar-refractivity contribution in [3.63, 3.8) is 0 Å². The lowest BCUT2D eigenvalue weighted by atomic mass is 10.1. The van der Waals surface area contributed by atoms with E-state index in [1.54, 1.807) is 15.6 Å². The van der Waals surface area contributed by atoms with Gasteiger partial charge in [0.05, 0.1) is 11.9 Å². The summed E-state index contributed by atoms with van der Waals surface area (Å²) in [5.74, 6) is 0.955. The van der Waals surface area contributed by atoms with Crippen molar-refractivity contribution in [2.45, 2.75) is 12.6 Å². The number of aryl methyl sites for hydroxylation is 1. The van der Waals surface area contributed by atoms with Crippen LogP contribution in [0.25, 0.3) is 5.65 Å². The standard InChI is InChI=1S/C13H17N9/c1-19(6-10-5-15-20(2)17-10)11-7-21(8-11)13-4-3-12-16-14-9-22(12)18-13/h3-5,9,11H,6-8H2,1-2H3. The Bertz CT molecular complexity index is 786. The van der Waals surface area contributed by atoms with Crippen molar-refractivity contribution in [1.82, 2.24) is 39.7 Å². The third-order valence-electron chi connectivity index (χ3n) is 4.02. The van der Waals surface area contributed by atoms with Gasteiger partial charge in [-0.05, 0) is 19.2 Å². The van der Waals surface area contributed by atoms with Crippen molar-refractivity contribution in [2.24, 2.45) is 7.05 Å². The molecule has 1 aliphatic heterocycles. The molecule has 0 aromatic carbocycles. The van der Waals surface area contributed by atoms with Gasteiger partial charge in [-0.15, -0.1) is 15.3 Å². The third-order valence-corrected chi connectivity index (χ3v) is 4.02. The maximum absolute atomic E-state index is 4.51. The minimum absolute atomic E-state index is 0.500. The Hall–Kier alpha value is -2.55. The molecule has 0 radical (unpaired) electrons. The summed E-state index contributed by atoms with van der Waals surface area (Å²) < 4.78 is 1.70. The molecule has 3 aromatic heterocycles. The first-order valence-electron chi connectivity index (χ1n) is 7.16. The van der Waals surface area contributed by atoms with Gasteiger partial charge in [0.1, 0.15) is 12.1 Å². The van der Waals surface area contributed by atoms with Crippen molar-refractivity contribution < 1.29 is 0 Å². The number of anilines is 1. The van der Waals surface area contributed by atoms with E-state index in [1.807, 2.05) is 25.4 Å². The summed E-state index contributed by atoms with van der Waals surface area (Å²) in [7, 11) is 3.95. The number of rotatable bonds is 4. The molecule has 0 atom stereocenters. The lowest BCUT2D eigenvalue weighted by Gasteiger charge is -2.44. The normalized spacial score (nSPS) is 15.7. The van der Waals surface area contributed by atoms with Crippen molar-refractivity contribution >= 4 is 11.5 Å². The molecule has 0 aliphatic carbocycles. The SMILES string of the molecule is CN(Cc1cnn(C)n1)C1CN(c2ccc3nncn3n2)C1. The van der Waals surface area contributed by atoms with Crippen LogP contribution in [0.15, 0.2) is 24.7 Å². The monoisotopic (exact) mass is 299 g/mol. The van der Waals surface area contributed by atoms with Gasteiger partial charge in [0, 0.05) is 32.7 Å². The molecular weight excluding hydrogens is 282 g/mol. The Morgan fingerprint density at radius 2 is 2.14 bits per heavy atom. The van der Waals surface area contributed by atoms with E-state index in [0.29, 0.717) is 6.04 Å². The molecule has 22 heavy (non-hydrogen) atoms. The Labute approximate surface area is 127 Å². The summed E-state index contributed by atoms with van der Waals surface area (Å²) in [6.07, 6.45) is 3.44. The van der Waals surface area contributed by atoms with E-state index in [0.717, 1.165) is 36.8 Å². The summed E-state index contributed by atoms with van der Waals surface area (Å²) in [6.45, 7) is 2.72. The summed E-state index contributed by atoms with van der Waals surface area (Å²) in [5, 5.41) is 20.7. The number of fused-ring (bicyclic) bond motifs is 1. The Morgan fingerprint density at radius 3 is 2.91 bits per heavy atom. The molecule has 0 saturated carbocycles. The zero-order chi connectivity index (χ0) is 15.1. The number of hydrogen-bond donors (Lipinski definition) is 0. The molecule has 9 heteroatoms. The average Bonchev–Trinajstić information content (AvgIpc) is 3.05. The average molecular weight is 299 g/mol. The van der Waals surface area contributed by atoms with Crippen molar-refractivity contribution in [1.29, 1.82) is 0 Å². The molecule has 114 valence electrons. The highest BCUT2D eigenvalue weighted by Gasteiger charge is 2.31. The zero-order valence-corrected chi connectivity index (χ0v) is 12.5. The van der Waals surface area contributed by atoms with Gasteiger partial charge in [-0.3, -0.25) is 4.90 Å². The van der Waals surface area contributed by atoms with E-state index in [4.69, 9.17) is 0 Å². The second-order valence-electron chi connectivity index (χ2n) is 5.62. The summed E-state index contributed by atoms with van der Waals surface area (Å²) in [6, 6.07) is 4.43. The van der Waals surface area contributed by atoms with Crippen LogP contribution < -0.4 is 4.90 Å². The van der Waals surface area contributed by atoms with Gasteiger partial charge >= 0.3 is 0 Å². The van der Waals surface area contributed by atoms with Crippen LogP contribution in [0.1, 0.15) is 5.69 Å². The van der Waals surface area contributed by atoms with Gasteiger partial charge in [0.15, 0.2) is 5.65 Å². The van der Waals surface area contributed by atoms with Crippen LogP contribution in [-0.4, -0.2) is 65.9 Å². The van der Waals surface area contributed by atoms with Crippen LogP contribution in [0.2, 0.25) is 0 Å².